The van der Waals surface area contributed by atoms with Crippen molar-refractivity contribution in [3.05, 3.63) is 71.0 Å². The van der Waals surface area contributed by atoms with Gasteiger partial charge in [0.15, 0.2) is 5.13 Å². The fourth-order valence-electron chi connectivity index (χ4n) is 2.11. The Morgan fingerprint density at radius 2 is 1.85 bits per heavy atom. The maximum absolute atomic E-state index is 13.2. The third-order valence-corrected chi connectivity index (χ3v) is 4.15. The predicted octanol–water partition coefficient (Wildman–Crippen LogP) is 3.80. The van der Waals surface area contributed by atoms with Crippen LogP contribution in [0.1, 0.15) is 20.8 Å². The molecule has 26 heavy (non-hydrogen) atoms. The summed E-state index contributed by atoms with van der Waals surface area (Å²) in [6.45, 7) is 0. The molecule has 2 amide bonds. The molecule has 0 aliphatic carbocycles. The first-order valence-corrected chi connectivity index (χ1v) is 8.41. The molecule has 0 fully saturated rings. The minimum atomic E-state index is -0.489. The smallest absolute Gasteiger partial charge is 0.275 e. The molecule has 0 unspecified atom stereocenters. The summed E-state index contributed by atoms with van der Waals surface area (Å²) in [4.78, 5) is 28.4. The highest BCUT2D eigenvalue weighted by atomic mass is 32.1. The SMILES string of the molecule is COc1ccc(C(=O)Nc2nc(C(=O)Nc3cccc(F)c3)cs2)cc1. The van der Waals surface area contributed by atoms with E-state index in [1.165, 1.54) is 23.6 Å². The first kappa shape index (κ1) is 17.6. The monoisotopic (exact) mass is 371 g/mol. The second kappa shape index (κ2) is 7.75. The number of carbonyl (C=O) groups is 2. The van der Waals surface area contributed by atoms with Gasteiger partial charge in [0, 0.05) is 16.6 Å². The van der Waals surface area contributed by atoms with E-state index in [1.807, 2.05) is 0 Å². The Kier molecular flexibility index (Phi) is 5.23. The largest absolute Gasteiger partial charge is 0.497 e. The van der Waals surface area contributed by atoms with Crippen molar-refractivity contribution in [2.24, 2.45) is 0 Å². The van der Waals surface area contributed by atoms with Gasteiger partial charge < -0.3 is 10.1 Å². The highest BCUT2D eigenvalue weighted by Gasteiger charge is 2.14. The molecular formula is C18H14FN3O3S. The molecule has 2 aromatic carbocycles. The van der Waals surface area contributed by atoms with E-state index < -0.39 is 11.7 Å². The quantitative estimate of drug-likeness (QED) is 0.715. The van der Waals surface area contributed by atoms with Gasteiger partial charge in [0.05, 0.1) is 7.11 Å². The molecule has 2 N–H and O–H groups in total. The minimum Gasteiger partial charge on any atom is -0.497 e. The van der Waals surface area contributed by atoms with Gasteiger partial charge in [-0.2, -0.15) is 0 Å². The second-order valence-corrected chi connectivity index (χ2v) is 6.04. The molecule has 8 heteroatoms. The Morgan fingerprint density at radius 1 is 1.08 bits per heavy atom. The van der Waals surface area contributed by atoms with Crippen molar-refractivity contribution in [3.63, 3.8) is 0 Å². The van der Waals surface area contributed by atoms with E-state index in [2.05, 4.69) is 15.6 Å². The number of ether oxygens (including phenoxy) is 1. The van der Waals surface area contributed by atoms with Crippen LogP contribution in [0.4, 0.5) is 15.2 Å². The van der Waals surface area contributed by atoms with Gasteiger partial charge in [0.2, 0.25) is 0 Å². The van der Waals surface area contributed by atoms with Crippen molar-refractivity contribution in [2.75, 3.05) is 17.7 Å². The summed E-state index contributed by atoms with van der Waals surface area (Å²) < 4.78 is 18.2. The lowest BCUT2D eigenvalue weighted by molar-refractivity contribution is 0.101. The number of amides is 2. The van der Waals surface area contributed by atoms with Gasteiger partial charge in [0.25, 0.3) is 11.8 Å². The normalized spacial score (nSPS) is 10.2. The van der Waals surface area contributed by atoms with Crippen molar-refractivity contribution in [2.45, 2.75) is 0 Å². The molecule has 0 spiro atoms. The van der Waals surface area contributed by atoms with Gasteiger partial charge in [-0.05, 0) is 42.5 Å². The number of aromatic nitrogens is 1. The van der Waals surface area contributed by atoms with Crippen LogP contribution >= 0.6 is 11.3 Å². The van der Waals surface area contributed by atoms with E-state index in [-0.39, 0.29) is 16.7 Å². The molecule has 6 nitrogen and oxygen atoms in total. The molecule has 0 bridgehead atoms. The lowest BCUT2D eigenvalue weighted by Gasteiger charge is -2.04. The molecule has 3 aromatic rings. The molecule has 1 heterocycles. The molecule has 0 radical (unpaired) electrons. The molecule has 0 saturated carbocycles. The summed E-state index contributed by atoms with van der Waals surface area (Å²) in [5.74, 6) is -0.642. The fourth-order valence-corrected chi connectivity index (χ4v) is 2.79. The van der Waals surface area contributed by atoms with Gasteiger partial charge in [-0.1, -0.05) is 6.07 Å². The van der Waals surface area contributed by atoms with Crippen LogP contribution < -0.4 is 15.4 Å². The summed E-state index contributed by atoms with van der Waals surface area (Å²) >= 11 is 1.12. The number of nitrogens with one attached hydrogen (secondary N) is 2. The van der Waals surface area contributed by atoms with Gasteiger partial charge >= 0.3 is 0 Å². The zero-order valence-corrected chi connectivity index (χ0v) is 14.5. The molecule has 3 rings (SSSR count). The Labute approximate surface area is 152 Å². The van der Waals surface area contributed by atoms with E-state index >= 15 is 0 Å². The van der Waals surface area contributed by atoms with Crippen LogP contribution in [0.5, 0.6) is 5.75 Å². The maximum atomic E-state index is 13.2. The number of nitrogens with zero attached hydrogens (tertiary/aromatic N) is 1. The van der Waals surface area contributed by atoms with Crippen LogP contribution in [0.2, 0.25) is 0 Å². The number of hydrogen-bond acceptors (Lipinski definition) is 5. The van der Waals surface area contributed by atoms with Crippen molar-refractivity contribution in [3.8, 4) is 5.75 Å². The number of benzene rings is 2. The highest BCUT2D eigenvalue weighted by molar-refractivity contribution is 7.14. The summed E-state index contributed by atoms with van der Waals surface area (Å²) in [6.07, 6.45) is 0. The Balaban J connectivity index is 1.65. The van der Waals surface area contributed by atoms with Crippen molar-refractivity contribution in [1.29, 1.82) is 0 Å². The first-order valence-electron chi connectivity index (χ1n) is 7.53. The third kappa shape index (κ3) is 4.22. The van der Waals surface area contributed by atoms with E-state index in [9.17, 15) is 14.0 Å². The molecule has 132 valence electrons. The Morgan fingerprint density at radius 3 is 2.54 bits per heavy atom. The summed E-state index contributed by atoms with van der Waals surface area (Å²) in [6, 6.07) is 12.1. The average molecular weight is 371 g/mol. The number of methoxy groups -OCH3 is 1. The number of rotatable bonds is 5. The molecule has 0 aliphatic heterocycles. The van der Waals surface area contributed by atoms with Gasteiger partial charge in [-0.3, -0.25) is 14.9 Å². The number of halogens is 1. The van der Waals surface area contributed by atoms with Crippen molar-refractivity contribution < 1.29 is 18.7 Å². The summed E-state index contributed by atoms with van der Waals surface area (Å²) in [5, 5.41) is 6.98. The standard InChI is InChI=1S/C18H14FN3O3S/c1-25-14-7-5-11(6-8-14)16(23)22-18-21-15(10-26-18)17(24)20-13-4-2-3-12(19)9-13/h2-10H,1H3,(H,20,24)(H,21,22,23). The topological polar surface area (TPSA) is 80.3 Å². The number of carbonyl (C=O) groups excluding carboxylic acids is 2. The molecule has 0 atom stereocenters. The Hall–Kier alpha value is -3.26. The lowest BCUT2D eigenvalue weighted by Crippen LogP contribution is -2.14. The predicted molar refractivity (Wildman–Crippen MR) is 97.4 cm³/mol. The van der Waals surface area contributed by atoms with Crippen LogP contribution in [-0.4, -0.2) is 23.9 Å². The summed E-state index contributed by atoms with van der Waals surface area (Å²) in [5.41, 5.74) is 0.892. The molecule has 0 aliphatic rings. The van der Waals surface area contributed by atoms with Crippen molar-refractivity contribution in [1.82, 2.24) is 4.98 Å². The summed E-state index contributed by atoms with van der Waals surface area (Å²) in [7, 11) is 1.54. The lowest BCUT2D eigenvalue weighted by atomic mass is 10.2. The molecular weight excluding hydrogens is 357 g/mol. The number of thiazole rings is 1. The van der Waals surface area contributed by atoms with Crippen LogP contribution in [-0.2, 0) is 0 Å². The zero-order chi connectivity index (χ0) is 18.5. The highest BCUT2D eigenvalue weighted by Crippen LogP contribution is 2.19. The minimum absolute atomic E-state index is 0.129. The van der Waals surface area contributed by atoms with E-state index in [1.54, 1.807) is 37.4 Å². The average Bonchev–Trinajstić information content (AvgIpc) is 3.10. The van der Waals surface area contributed by atoms with Crippen LogP contribution in [0.15, 0.2) is 53.9 Å². The van der Waals surface area contributed by atoms with E-state index in [0.717, 1.165) is 11.3 Å². The van der Waals surface area contributed by atoms with E-state index in [4.69, 9.17) is 4.74 Å². The Bertz CT molecular complexity index is 941. The number of anilines is 2. The first-order chi connectivity index (χ1) is 12.5. The van der Waals surface area contributed by atoms with Gasteiger partial charge in [-0.15, -0.1) is 11.3 Å². The van der Waals surface area contributed by atoms with Crippen LogP contribution in [0, 0.1) is 5.82 Å². The maximum Gasteiger partial charge on any atom is 0.275 e. The second-order valence-electron chi connectivity index (χ2n) is 5.18. The van der Waals surface area contributed by atoms with E-state index in [0.29, 0.717) is 17.0 Å². The third-order valence-electron chi connectivity index (χ3n) is 3.39. The molecule has 0 saturated heterocycles. The number of hydrogen-bond donors (Lipinski definition) is 2. The van der Waals surface area contributed by atoms with Crippen LogP contribution in [0.3, 0.4) is 0 Å². The van der Waals surface area contributed by atoms with Gasteiger partial charge in [0.1, 0.15) is 17.3 Å². The zero-order valence-electron chi connectivity index (χ0n) is 13.7. The van der Waals surface area contributed by atoms with Crippen molar-refractivity contribution >= 4 is 34.0 Å². The van der Waals surface area contributed by atoms with Gasteiger partial charge in [-0.25, -0.2) is 9.37 Å². The molecule has 1 aromatic heterocycles. The van der Waals surface area contributed by atoms with Crippen LogP contribution in [0.25, 0.3) is 0 Å². The fraction of sp³-hybridized carbons (Fsp3) is 0.0556.